The molecule has 0 saturated heterocycles. The van der Waals surface area contributed by atoms with Gasteiger partial charge < -0.3 is 4.74 Å². The molecule has 1 N–H and O–H groups in total. The molecule has 6 heteroatoms. The Morgan fingerprint density at radius 1 is 1.40 bits per heavy atom. The average Bonchev–Trinajstić information content (AvgIpc) is 2.43. The van der Waals surface area contributed by atoms with Gasteiger partial charge in [-0.3, -0.25) is 9.52 Å². The number of nitrogens with one attached hydrogen (secondary N) is 1. The van der Waals surface area contributed by atoms with Crippen molar-refractivity contribution in [2.75, 3.05) is 12.4 Å². The van der Waals surface area contributed by atoms with Gasteiger partial charge in [0.15, 0.2) is 0 Å². The summed E-state index contributed by atoms with van der Waals surface area (Å²) < 4.78 is 30.6. The maximum Gasteiger partial charge on any atom is 0.262 e. The molecule has 1 atom stereocenters. The van der Waals surface area contributed by atoms with Crippen molar-refractivity contribution in [3.05, 3.63) is 48.6 Å². The van der Waals surface area contributed by atoms with E-state index in [1.54, 1.807) is 0 Å². The molecule has 20 heavy (non-hydrogen) atoms. The molecule has 0 spiro atoms. The van der Waals surface area contributed by atoms with Crippen LogP contribution < -0.4 is 4.72 Å². The molecule has 0 unspecified atom stereocenters. The number of sulfonamides is 1. The normalized spacial score (nSPS) is 12.7. The Kier molecular flexibility index (Phi) is 6.41. The van der Waals surface area contributed by atoms with Crippen molar-refractivity contribution in [2.45, 2.75) is 19.4 Å². The van der Waals surface area contributed by atoms with Gasteiger partial charge in [-0.2, -0.15) is 0 Å². The van der Waals surface area contributed by atoms with Crippen molar-refractivity contribution in [1.29, 1.82) is 0 Å². The molecule has 110 valence electrons. The van der Waals surface area contributed by atoms with Gasteiger partial charge >= 0.3 is 0 Å². The third kappa shape index (κ3) is 5.99. The minimum Gasteiger partial charge on any atom is -0.365 e. The number of ether oxygens (including phenoxy) is 1. The lowest BCUT2D eigenvalue weighted by atomic mass is 10.2. The predicted octanol–water partition coefficient (Wildman–Crippen LogP) is 1.27. The van der Waals surface area contributed by atoms with Crippen LogP contribution in [0.1, 0.15) is 12.5 Å². The number of carbonyl (C=O) groups excluding carboxylic acids is 1. The topological polar surface area (TPSA) is 72.5 Å². The molecule has 5 nitrogen and oxygen atoms in total. The molecule has 0 aliphatic carbocycles. The van der Waals surface area contributed by atoms with Crippen LogP contribution in [0.15, 0.2) is 43.0 Å². The first kappa shape index (κ1) is 16.4. The molecule has 0 aliphatic heterocycles. The second-order valence-electron chi connectivity index (χ2n) is 4.29. The van der Waals surface area contributed by atoms with E-state index >= 15 is 0 Å². The van der Waals surface area contributed by atoms with Crippen molar-refractivity contribution < 1.29 is 17.9 Å². The molecule has 0 aliphatic rings. The summed E-state index contributed by atoms with van der Waals surface area (Å²) in [5.41, 5.74) is 0.904. The Balaban J connectivity index is 2.48. The number of hydrogen-bond donors (Lipinski definition) is 1. The maximum absolute atomic E-state index is 11.8. The summed E-state index contributed by atoms with van der Waals surface area (Å²) in [6, 6.07) is 9.22. The Labute approximate surface area is 119 Å². The SMILES string of the molecule is C=CCO[C@H](C)C(=O)NS(=O)(=O)CCc1ccccc1. The fraction of sp³-hybridized carbons (Fsp3) is 0.357. The first-order valence-electron chi connectivity index (χ1n) is 6.25. The monoisotopic (exact) mass is 297 g/mol. The summed E-state index contributed by atoms with van der Waals surface area (Å²) in [6.45, 7) is 5.14. The fourth-order valence-corrected chi connectivity index (χ4v) is 2.55. The van der Waals surface area contributed by atoms with Crippen LogP contribution in [-0.4, -0.2) is 32.8 Å². The van der Waals surface area contributed by atoms with Gasteiger partial charge in [-0.1, -0.05) is 36.4 Å². The molecule has 0 radical (unpaired) electrons. The van der Waals surface area contributed by atoms with Gasteiger partial charge in [0, 0.05) is 0 Å². The molecule has 1 amide bonds. The third-order valence-electron chi connectivity index (χ3n) is 2.59. The Hall–Kier alpha value is -1.66. The van der Waals surface area contributed by atoms with E-state index in [2.05, 4.69) is 6.58 Å². The quantitative estimate of drug-likeness (QED) is 0.733. The largest absolute Gasteiger partial charge is 0.365 e. The number of benzene rings is 1. The maximum atomic E-state index is 11.8. The average molecular weight is 297 g/mol. The Morgan fingerprint density at radius 3 is 2.65 bits per heavy atom. The predicted molar refractivity (Wildman–Crippen MR) is 77.7 cm³/mol. The van der Waals surface area contributed by atoms with Gasteiger partial charge in [-0.05, 0) is 18.9 Å². The van der Waals surface area contributed by atoms with Gasteiger partial charge in [0.2, 0.25) is 10.0 Å². The third-order valence-corrected chi connectivity index (χ3v) is 3.85. The van der Waals surface area contributed by atoms with Crippen molar-refractivity contribution >= 4 is 15.9 Å². The van der Waals surface area contributed by atoms with E-state index in [9.17, 15) is 13.2 Å². The summed E-state index contributed by atoms with van der Waals surface area (Å²) in [6.07, 6.45) is 1.01. The molecule has 0 heterocycles. The highest BCUT2D eigenvalue weighted by Crippen LogP contribution is 2.02. The number of aryl methyl sites for hydroxylation is 1. The van der Waals surface area contributed by atoms with Crippen LogP contribution in [-0.2, 0) is 26.0 Å². The second kappa shape index (κ2) is 7.81. The summed E-state index contributed by atoms with van der Waals surface area (Å²) >= 11 is 0. The standard InChI is InChI=1S/C14H19NO4S/c1-3-10-19-12(2)14(16)15-20(17,18)11-9-13-7-5-4-6-8-13/h3-8,12H,1,9-11H2,2H3,(H,15,16)/t12-/m1/s1. The first-order valence-corrected chi connectivity index (χ1v) is 7.90. The molecule has 1 aromatic carbocycles. The highest BCUT2D eigenvalue weighted by atomic mass is 32.2. The second-order valence-corrected chi connectivity index (χ2v) is 6.13. The minimum absolute atomic E-state index is 0.142. The highest BCUT2D eigenvalue weighted by Gasteiger charge is 2.19. The van der Waals surface area contributed by atoms with Gasteiger partial charge in [-0.15, -0.1) is 6.58 Å². The zero-order valence-corrected chi connectivity index (χ0v) is 12.2. The lowest BCUT2D eigenvalue weighted by Crippen LogP contribution is -2.40. The molecule has 1 aromatic rings. The molecule has 0 fully saturated rings. The van der Waals surface area contributed by atoms with E-state index < -0.39 is 22.0 Å². The van der Waals surface area contributed by atoms with Crippen LogP contribution in [0.2, 0.25) is 0 Å². The molecule has 0 bridgehead atoms. The van der Waals surface area contributed by atoms with Crippen LogP contribution in [0.4, 0.5) is 0 Å². The number of hydrogen-bond acceptors (Lipinski definition) is 4. The Morgan fingerprint density at radius 2 is 2.05 bits per heavy atom. The van der Waals surface area contributed by atoms with E-state index in [0.29, 0.717) is 6.42 Å². The smallest absolute Gasteiger partial charge is 0.262 e. The summed E-state index contributed by atoms with van der Waals surface area (Å²) in [7, 11) is -3.65. The van der Waals surface area contributed by atoms with Crippen molar-refractivity contribution in [1.82, 2.24) is 4.72 Å². The van der Waals surface area contributed by atoms with Crippen LogP contribution in [0.3, 0.4) is 0 Å². The number of amides is 1. The fourth-order valence-electron chi connectivity index (χ4n) is 1.47. The molecular formula is C14H19NO4S. The van der Waals surface area contributed by atoms with E-state index in [0.717, 1.165) is 5.56 Å². The molecule has 0 saturated carbocycles. The van der Waals surface area contributed by atoms with Crippen LogP contribution in [0, 0.1) is 0 Å². The minimum atomic E-state index is -3.65. The van der Waals surface area contributed by atoms with Crippen LogP contribution in [0.25, 0.3) is 0 Å². The van der Waals surface area contributed by atoms with Gasteiger partial charge in [0.25, 0.3) is 5.91 Å². The summed E-state index contributed by atoms with van der Waals surface area (Å²) in [4.78, 5) is 11.6. The van der Waals surface area contributed by atoms with E-state index in [1.807, 2.05) is 35.1 Å². The van der Waals surface area contributed by atoms with Gasteiger partial charge in [-0.25, -0.2) is 8.42 Å². The van der Waals surface area contributed by atoms with E-state index in [-0.39, 0.29) is 12.4 Å². The first-order chi connectivity index (χ1) is 9.44. The lowest BCUT2D eigenvalue weighted by Gasteiger charge is -2.12. The number of rotatable bonds is 8. The molecular weight excluding hydrogens is 278 g/mol. The lowest BCUT2D eigenvalue weighted by molar-refractivity contribution is -0.129. The summed E-state index contributed by atoms with van der Waals surface area (Å²) in [5.74, 6) is -0.809. The Bertz CT molecular complexity index is 540. The summed E-state index contributed by atoms with van der Waals surface area (Å²) in [5, 5.41) is 0. The highest BCUT2D eigenvalue weighted by molar-refractivity contribution is 7.90. The van der Waals surface area contributed by atoms with E-state index in [4.69, 9.17) is 4.74 Å². The number of carbonyl (C=O) groups is 1. The van der Waals surface area contributed by atoms with Crippen molar-refractivity contribution in [3.63, 3.8) is 0 Å². The van der Waals surface area contributed by atoms with Gasteiger partial charge in [0.1, 0.15) is 6.10 Å². The van der Waals surface area contributed by atoms with Crippen molar-refractivity contribution in [2.24, 2.45) is 0 Å². The van der Waals surface area contributed by atoms with Crippen molar-refractivity contribution in [3.8, 4) is 0 Å². The molecule has 1 rings (SSSR count). The van der Waals surface area contributed by atoms with Gasteiger partial charge in [0.05, 0.1) is 12.4 Å². The van der Waals surface area contributed by atoms with Crippen LogP contribution in [0.5, 0.6) is 0 Å². The zero-order chi connectivity index (χ0) is 15.0. The zero-order valence-electron chi connectivity index (χ0n) is 11.4. The molecule has 0 aromatic heterocycles. The van der Waals surface area contributed by atoms with E-state index in [1.165, 1.54) is 13.0 Å². The van der Waals surface area contributed by atoms with Crippen LogP contribution >= 0.6 is 0 Å².